The molecule has 164 valence electrons. The van der Waals surface area contributed by atoms with E-state index in [0.29, 0.717) is 6.54 Å². The first-order chi connectivity index (χ1) is 15.0. The Labute approximate surface area is 188 Å². The fourth-order valence-corrected chi connectivity index (χ4v) is 5.28. The lowest BCUT2D eigenvalue weighted by molar-refractivity contribution is -0.125. The molecule has 0 aliphatic carbocycles. The minimum absolute atomic E-state index is 0.0711. The first-order valence-corrected chi connectivity index (χ1v) is 12.0. The van der Waals surface area contributed by atoms with Gasteiger partial charge in [-0.25, -0.2) is 4.98 Å². The van der Waals surface area contributed by atoms with Crippen molar-refractivity contribution in [3.63, 3.8) is 0 Å². The standard InChI is InChI=1S/C25H31N3O2S/c1-4-13-30-21-7-5-19(6-8-21)16-26-24(29)20-9-11-28(12-10-20)25-27-23-18(3)14-17(2)15-22(23)31-25/h5-8,14-15,20H,4,9-13,16H2,1-3H3,(H,26,29). The van der Waals surface area contributed by atoms with Crippen molar-refractivity contribution in [2.45, 2.75) is 46.6 Å². The summed E-state index contributed by atoms with van der Waals surface area (Å²) in [7, 11) is 0. The molecule has 1 N–H and O–H groups in total. The molecule has 1 aliphatic heterocycles. The maximum atomic E-state index is 12.7. The third-order valence-corrected chi connectivity index (χ3v) is 6.88. The molecule has 1 aromatic heterocycles. The Morgan fingerprint density at radius 1 is 1.19 bits per heavy atom. The number of benzene rings is 2. The number of nitrogens with zero attached hydrogens (tertiary/aromatic N) is 2. The second-order valence-electron chi connectivity index (χ2n) is 8.40. The van der Waals surface area contributed by atoms with E-state index in [0.717, 1.165) is 60.9 Å². The van der Waals surface area contributed by atoms with Crippen molar-refractivity contribution in [1.29, 1.82) is 0 Å². The van der Waals surface area contributed by atoms with Gasteiger partial charge in [0.15, 0.2) is 5.13 Å². The Balaban J connectivity index is 1.28. The van der Waals surface area contributed by atoms with Crippen LogP contribution in [0.5, 0.6) is 5.75 Å². The van der Waals surface area contributed by atoms with Gasteiger partial charge in [-0.3, -0.25) is 4.79 Å². The third-order valence-electron chi connectivity index (χ3n) is 5.82. The van der Waals surface area contributed by atoms with Gasteiger partial charge < -0.3 is 15.0 Å². The van der Waals surface area contributed by atoms with Crippen LogP contribution >= 0.6 is 11.3 Å². The summed E-state index contributed by atoms with van der Waals surface area (Å²) < 4.78 is 6.86. The Bertz CT molecular complexity index is 1040. The molecule has 0 atom stereocenters. The van der Waals surface area contributed by atoms with Crippen LogP contribution in [-0.2, 0) is 11.3 Å². The molecule has 5 nitrogen and oxygen atoms in total. The average Bonchev–Trinajstić information content (AvgIpc) is 3.21. The van der Waals surface area contributed by atoms with Crippen LogP contribution in [0.4, 0.5) is 5.13 Å². The number of amides is 1. The van der Waals surface area contributed by atoms with Crippen LogP contribution in [0.15, 0.2) is 36.4 Å². The molecular weight excluding hydrogens is 406 g/mol. The van der Waals surface area contributed by atoms with Gasteiger partial charge in [0.05, 0.1) is 16.8 Å². The lowest BCUT2D eigenvalue weighted by Gasteiger charge is -2.31. The first-order valence-electron chi connectivity index (χ1n) is 11.2. The molecule has 4 rings (SSSR count). The molecule has 1 aliphatic rings. The number of ether oxygens (including phenoxy) is 1. The number of carbonyl (C=O) groups is 1. The first kappa shape index (κ1) is 21.6. The number of aryl methyl sites for hydroxylation is 2. The molecule has 1 amide bonds. The summed E-state index contributed by atoms with van der Waals surface area (Å²) in [5.41, 5.74) is 4.71. The van der Waals surface area contributed by atoms with Crippen molar-refractivity contribution in [3.8, 4) is 5.75 Å². The van der Waals surface area contributed by atoms with Gasteiger partial charge >= 0.3 is 0 Å². The third kappa shape index (κ3) is 5.18. The topological polar surface area (TPSA) is 54.5 Å². The second-order valence-corrected chi connectivity index (χ2v) is 9.41. The molecule has 0 radical (unpaired) electrons. The Morgan fingerprint density at radius 3 is 2.65 bits per heavy atom. The van der Waals surface area contributed by atoms with Crippen LogP contribution in [0.3, 0.4) is 0 Å². The van der Waals surface area contributed by atoms with Gasteiger partial charge in [-0.05, 0) is 68.0 Å². The zero-order valence-corrected chi connectivity index (χ0v) is 19.4. The van der Waals surface area contributed by atoms with Crippen LogP contribution < -0.4 is 15.0 Å². The number of rotatable bonds is 7. The molecule has 1 fully saturated rings. The van der Waals surface area contributed by atoms with Crippen molar-refractivity contribution in [3.05, 3.63) is 53.1 Å². The molecular formula is C25H31N3O2S. The molecule has 3 aromatic rings. The number of carbonyl (C=O) groups excluding carboxylic acids is 1. The molecule has 1 saturated heterocycles. The van der Waals surface area contributed by atoms with Crippen molar-refractivity contribution in [2.24, 2.45) is 5.92 Å². The van der Waals surface area contributed by atoms with Crippen LogP contribution in [0.1, 0.15) is 42.9 Å². The summed E-state index contributed by atoms with van der Waals surface area (Å²) in [4.78, 5) is 19.9. The predicted octanol–water partition coefficient (Wildman–Crippen LogP) is 5.23. The number of nitrogens with one attached hydrogen (secondary N) is 1. The number of anilines is 1. The van der Waals surface area contributed by atoms with E-state index in [1.165, 1.54) is 15.8 Å². The van der Waals surface area contributed by atoms with E-state index in [9.17, 15) is 4.79 Å². The molecule has 31 heavy (non-hydrogen) atoms. The minimum atomic E-state index is 0.0711. The second kappa shape index (κ2) is 9.69. The van der Waals surface area contributed by atoms with Gasteiger partial charge in [0.2, 0.25) is 5.91 Å². The molecule has 2 aromatic carbocycles. The normalized spacial score (nSPS) is 14.7. The zero-order chi connectivity index (χ0) is 21.8. The maximum absolute atomic E-state index is 12.7. The Hall–Kier alpha value is -2.60. The number of aromatic nitrogens is 1. The number of hydrogen-bond acceptors (Lipinski definition) is 5. The summed E-state index contributed by atoms with van der Waals surface area (Å²) in [6, 6.07) is 12.4. The van der Waals surface area contributed by atoms with E-state index in [4.69, 9.17) is 9.72 Å². The highest BCUT2D eigenvalue weighted by Crippen LogP contribution is 2.33. The quantitative estimate of drug-likeness (QED) is 0.550. The SMILES string of the molecule is CCCOc1ccc(CNC(=O)C2CCN(c3nc4c(C)cc(C)cc4s3)CC2)cc1. The Kier molecular flexibility index (Phi) is 6.76. The van der Waals surface area contributed by atoms with Gasteiger partial charge in [0.25, 0.3) is 0 Å². The molecule has 0 spiro atoms. The number of thiazole rings is 1. The predicted molar refractivity (Wildman–Crippen MR) is 128 cm³/mol. The molecule has 0 saturated carbocycles. The fraction of sp³-hybridized carbons (Fsp3) is 0.440. The van der Waals surface area contributed by atoms with Gasteiger partial charge in [0, 0.05) is 25.6 Å². The lowest BCUT2D eigenvalue weighted by atomic mass is 9.96. The van der Waals surface area contributed by atoms with E-state index in [1.54, 1.807) is 11.3 Å². The molecule has 6 heteroatoms. The molecule has 2 heterocycles. The van der Waals surface area contributed by atoms with Crippen molar-refractivity contribution < 1.29 is 9.53 Å². The van der Waals surface area contributed by atoms with Crippen molar-refractivity contribution in [2.75, 3.05) is 24.6 Å². The van der Waals surface area contributed by atoms with Crippen molar-refractivity contribution in [1.82, 2.24) is 10.3 Å². The minimum Gasteiger partial charge on any atom is -0.494 e. The largest absolute Gasteiger partial charge is 0.494 e. The summed E-state index contributed by atoms with van der Waals surface area (Å²) in [6.45, 7) is 9.38. The summed E-state index contributed by atoms with van der Waals surface area (Å²) in [5, 5.41) is 4.19. The van der Waals surface area contributed by atoms with Gasteiger partial charge in [-0.15, -0.1) is 0 Å². The molecule has 0 unspecified atom stereocenters. The highest BCUT2D eigenvalue weighted by Gasteiger charge is 2.26. The molecule has 0 bridgehead atoms. The van der Waals surface area contributed by atoms with Gasteiger partial charge in [-0.1, -0.05) is 36.5 Å². The van der Waals surface area contributed by atoms with Crippen LogP contribution in [0.25, 0.3) is 10.2 Å². The monoisotopic (exact) mass is 437 g/mol. The number of piperidine rings is 1. The summed E-state index contributed by atoms with van der Waals surface area (Å²) in [5.74, 6) is 1.10. The van der Waals surface area contributed by atoms with Gasteiger partial charge in [0.1, 0.15) is 5.75 Å². The van der Waals surface area contributed by atoms with E-state index in [2.05, 4.69) is 43.1 Å². The smallest absolute Gasteiger partial charge is 0.223 e. The van der Waals surface area contributed by atoms with Crippen LogP contribution in [-0.4, -0.2) is 30.6 Å². The number of fused-ring (bicyclic) bond motifs is 1. The van der Waals surface area contributed by atoms with Gasteiger partial charge in [-0.2, -0.15) is 0 Å². The summed E-state index contributed by atoms with van der Waals surface area (Å²) in [6.07, 6.45) is 2.72. The fourth-order valence-electron chi connectivity index (χ4n) is 4.08. The average molecular weight is 438 g/mol. The highest BCUT2D eigenvalue weighted by atomic mass is 32.1. The highest BCUT2D eigenvalue weighted by molar-refractivity contribution is 7.22. The summed E-state index contributed by atoms with van der Waals surface area (Å²) >= 11 is 1.76. The van der Waals surface area contributed by atoms with E-state index >= 15 is 0 Å². The van der Waals surface area contributed by atoms with Crippen LogP contribution in [0, 0.1) is 19.8 Å². The van der Waals surface area contributed by atoms with Crippen LogP contribution in [0.2, 0.25) is 0 Å². The van der Waals surface area contributed by atoms with E-state index < -0.39 is 0 Å². The lowest BCUT2D eigenvalue weighted by Crippen LogP contribution is -2.40. The van der Waals surface area contributed by atoms with E-state index in [1.807, 2.05) is 24.3 Å². The van der Waals surface area contributed by atoms with Crippen molar-refractivity contribution >= 4 is 32.6 Å². The maximum Gasteiger partial charge on any atom is 0.223 e. The van der Waals surface area contributed by atoms with E-state index in [-0.39, 0.29) is 11.8 Å². The number of hydrogen-bond donors (Lipinski definition) is 1. The zero-order valence-electron chi connectivity index (χ0n) is 18.6. The Morgan fingerprint density at radius 2 is 1.94 bits per heavy atom.